The van der Waals surface area contributed by atoms with E-state index in [2.05, 4.69) is 0 Å². The molecule has 2 N–H and O–H groups in total. The van der Waals surface area contributed by atoms with Crippen LogP contribution in [0.3, 0.4) is 0 Å². The number of nitrogens with zero attached hydrogens (tertiary/aromatic N) is 2. The minimum absolute atomic E-state index is 0.0586. The van der Waals surface area contributed by atoms with Gasteiger partial charge in [0, 0.05) is 11.8 Å². The molecule has 0 saturated heterocycles. The van der Waals surface area contributed by atoms with Gasteiger partial charge in [-0.15, -0.1) is 0 Å². The van der Waals surface area contributed by atoms with E-state index in [4.69, 9.17) is 16.6 Å². The second kappa shape index (κ2) is 5.83. The Hall–Kier alpha value is -2.98. The summed E-state index contributed by atoms with van der Waals surface area (Å²) in [5.41, 5.74) is 3.58. The molecule has 2 aromatic heterocycles. The van der Waals surface area contributed by atoms with Crippen LogP contribution in [0, 0.1) is 6.92 Å². The molecule has 4 aromatic rings. The topological polar surface area (TPSA) is 57.8 Å². The number of hydrogen-bond acceptors (Lipinski definition) is 3. The normalized spacial score (nSPS) is 11.1. The summed E-state index contributed by atoms with van der Waals surface area (Å²) < 4.78 is 1.86. The van der Waals surface area contributed by atoms with Crippen LogP contribution in [-0.2, 0) is 0 Å². The van der Waals surface area contributed by atoms with Crippen molar-refractivity contribution in [1.82, 2.24) is 9.38 Å². The Bertz CT molecular complexity index is 1080. The molecule has 5 heteroatoms. The van der Waals surface area contributed by atoms with E-state index in [0.29, 0.717) is 27.7 Å². The van der Waals surface area contributed by atoms with Gasteiger partial charge in [0.1, 0.15) is 17.2 Å². The van der Waals surface area contributed by atoms with Gasteiger partial charge < -0.3 is 10.2 Å². The number of pyridine rings is 1. The van der Waals surface area contributed by atoms with Gasteiger partial charge in [-0.25, -0.2) is 4.98 Å². The first-order valence-corrected chi connectivity index (χ1v) is 8.19. The Kier molecular flexibility index (Phi) is 3.62. The van der Waals surface area contributed by atoms with Gasteiger partial charge in [0.15, 0.2) is 5.82 Å². The quantitative estimate of drug-likeness (QED) is 0.532. The second-order valence-electron chi connectivity index (χ2n) is 5.89. The van der Waals surface area contributed by atoms with Crippen molar-refractivity contribution in [3.63, 3.8) is 0 Å². The Morgan fingerprint density at radius 1 is 0.960 bits per heavy atom. The number of phenolic OH excluding ortho intramolecular Hbond substituents is 2. The van der Waals surface area contributed by atoms with Crippen LogP contribution < -0.4 is 0 Å². The molecule has 0 aliphatic carbocycles. The summed E-state index contributed by atoms with van der Waals surface area (Å²) in [6.45, 7) is 1.96. The average molecular weight is 351 g/mol. The van der Waals surface area contributed by atoms with E-state index >= 15 is 0 Å². The lowest BCUT2D eigenvalue weighted by Crippen LogP contribution is -1.89. The highest BCUT2D eigenvalue weighted by Crippen LogP contribution is 2.39. The monoisotopic (exact) mass is 350 g/mol. The highest BCUT2D eigenvalue weighted by atomic mass is 35.5. The molecule has 0 amide bonds. The summed E-state index contributed by atoms with van der Waals surface area (Å²) in [6, 6.07) is 16.1. The fourth-order valence-corrected chi connectivity index (χ4v) is 3.24. The smallest absolute Gasteiger partial charge is 0.150 e. The summed E-state index contributed by atoms with van der Waals surface area (Å²) >= 11 is 6.31. The number of halogens is 1. The number of aromatic nitrogens is 2. The van der Waals surface area contributed by atoms with Gasteiger partial charge >= 0.3 is 0 Å². The molecule has 0 fully saturated rings. The van der Waals surface area contributed by atoms with Crippen LogP contribution in [0.4, 0.5) is 0 Å². The van der Waals surface area contributed by atoms with E-state index in [0.717, 1.165) is 11.1 Å². The number of imidazole rings is 1. The number of rotatable bonds is 2. The van der Waals surface area contributed by atoms with Gasteiger partial charge in [-0.1, -0.05) is 35.4 Å². The molecule has 2 aromatic carbocycles. The number of fused-ring (bicyclic) bond motifs is 1. The Morgan fingerprint density at radius 2 is 1.80 bits per heavy atom. The molecule has 4 nitrogen and oxygen atoms in total. The summed E-state index contributed by atoms with van der Waals surface area (Å²) in [5, 5.41) is 21.0. The zero-order valence-corrected chi connectivity index (χ0v) is 14.2. The number of hydrogen-bond donors (Lipinski definition) is 2. The predicted molar refractivity (Wildman–Crippen MR) is 99.1 cm³/mol. The summed E-state index contributed by atoms with van der Waals surface area (Å²) in [6.07, 6.45) is 1.86. The third-order valence-electron chi connectivity index (χ3n) is 4.17. The van der Waals surface area contributed by atoms with Crippen molar-refractivity contribution in [2.45, 2.75) is 6.92 Å². The van der Waals surface area contributed by atoms with E-state index in [-0.39, 0.29) is 11.5 Å². The van der Waals surface area contributed by atoms with E-state index in [1.165, 1.54) is 0 Å². The van der Waals surface area contributed by atoms with Gasteiger partial charge in [-0.2, -0.15) is 0 Å². The maximum atomic E-state index is 10.3. The first-order valence-electron chi connectivity index (χ1n) is 7.81. The zero-order chi connectivity index (χ0) is 17.6. The van der Waals surface area contributed by atoms with E-state index in [1.54, 1.807) is 24.3 Å². The van der Waals surface area contributed by atoms with E-state index < -0.39 is 0 Å². The lowest BCUT2D eigenvalue weighted by molar-refractivity contribution is 0.477. The molecule has 25 heavy (non-hydrogen) atoms. The molecule has 0 bridgehead atoms. The van der Waals surface area contributed by atoms with E-state index in [9.17, 15) is 10.2 Å². The van der Waals surface area contributed by atoms with Crippen molar-refractivity contribution < 1.29 is 10.2 Å². The molecule has 0 atom stereocenters. The average Bonchev–Trinajstić information content (AvgIpc) is 2.96. The third-order valence-corrected chi connectivity index (χ3v) is 4.49. The Labute approximate surface area is 149 Å². The lowest BCUT2D eigenvalue weighted by Gasteiger charge is -2.05. The van der Waals surface area contributed by atoms with Gasteiger partial charge in [-0.3, -0.25) is 4.40 Å². The predicted octanol–water partition coefficient (Wildman–Crippen LogP) is 5.04. The fraction of sp³-hybridized carbons (Fsp3) is 0.0500. The molecule has 2 heterocycles. The van der Waals surface area contributed by atoms with Crippen LogP contribution in [0.1, 0.15) is 5.56 Å². The molecule has 0 aliphatic heterocycles. The van der Waals surface area contributed by atoms with Crippen LogP contribution in [0.2, 0.25) is 5.02 Å². The minimum Gasteiger partial charge on any atom is -0.507 e. The van der Waals surface area contributed by atoms with Crippen LogP contribution >= 0.6 is 11.6 Å². The van der Waals surface area contributed by atoms with Gasteiger partial charge in [0.2, 0.25) is 0 Å². The van der Waals surface area contributed by atoms with Crippen molar-refractivity contribution in [2.75, 3.05) is 0 Å². The number of aryl methyl sites for hydroxylation is 1. The maximum Gasteiger partial charge on any atom is 0.150 e. The molecule has 0 radical (unpaired) electrons. The molecule has 0 saturated carbocycles. The Morgan fingerprint density at radius 3 is 2.60 bits per heavy atom. The summed E-state index contributed by atoms with van der Waals surface area (Å²) in [7, 11) is 0. The SMILES string of the molecule is Cc1ccc(O)c(-c2nc(-c3c(O)cccc3Cl)n3ccccc23)c1. The van der Waals surface area contributed by atoms with Crippen LogP contribution in [0.5, 0.6) is 11.5 Å². The maximum absolute atomic E-state index is 10.3. The lowest BCUT2D eigenvalue weighted by atomic mass is 10.1. The Balaban J connectivity index is 2.08. The standard InChI is InChI=1S/C20H15ClN2O2/c1-12-8-9-16(24)13(11-12)19-15-6-2-3-10-23(15)20(22-19)18-14(21)5-4-7-17(18)25/h2-11,24-25H,1H3. The van der Waals surface area contributed by atoms with Gasteiger partial charge in [0.25, 0.3) is 0 Å². The highest BCUT2D eigenvalue weighted by Gasteiger charge is 2.20. The third kappa shape index (κ3) is 2.51. The molecule has 0 unspecified atom stereocenters. The van der Waals surface area contributed by atoms with Crippen molar-refractivity contribution in [2.24, 2.45) is 0 Å². The first-order chi connectivity index (χ1) is 12.1. The van der Waals surface area contributed by atoms with Crippen LogP contribution in [0.25, 0.3) is 28.2 Å². The zero-order valence-electron chi connectivity index (χ0n) is 13.4. The summed E-state index contributed by atoms with van der Waals surface area (Å²) in [5.74, 6) is 0.738. The van der Waals surface area contributed by atoms with Crippen molar-refractivity contribution in [1.29, 1.82) is 0 Å². The van der Waals surface area contributed by atoms with Crippen LogP contribution in [0.15, 0.2) is 60.8 Å². The molecule has 0 spiro atoms. The van der Waals surface area contributed by atoms with Crippen molar-refractivity contribution in [3.8, 4) is 34.1 Å². The van der Waals surface area contributed by atoms with Crippen molar-refractivity contribution in [3.05, 3.63) is 71.4 Å². The second-order valence-corrected chi connectivity index (χ2v) is 6.30. The minimum atomic E-state index is 0.0586. The fourth-order valence-electron chi connectivity index (χ4n) is 2.99. The van der Waals surface area contributed by atoms with Crippen molar-refractivity contribution >= 4 is 17.1 Å². The number of phenols is 2. The number of aromatic hydroxyl groups is 2. The molecule has 4 rings (SSSR count). The molecular weight excluding hydrogens is 336 g/mol. The molecular formula is C20H15ClN2O2. The summed E-state index contributed by atoms with van der Waals surface area (Å²) in [4.78, 5) is 4.71. The first kappa shape index (κ1) is 15.5. The highest BCUT2D eigenvalue weighted by molar-refractivity contribution is 6.33. The largest absolute Gasteiger partial charge is 0.507 e. The molecule has 0 aliphatic rings. The molecule has 124 valence electrons. The van der Waals surface area contributed by atoms with Crippen LogP contribution in [-0.4, -0.2) is 19.6 Å². The van der Waals surface area contributed by atoms with E-state index in [1.807, 2.05) is 47.9 Å². The number of benzene rings is 2. The van der Waals surface area contributed by atoms with Gasteiger partial charge in [-0.05, 0) is 43.3 Å². The van der Waals surface area contributed by atoms with Gasteiger partial charge in [0.05, 0.1) is 16.1 Å².